The average molecular weight is 286 g/mol. The fraction of sp³-hybridized carbons (Fsp3) is 0.222. The number of nitro benzene ring substituents is 1. The SMILES string of the molecule is O=[N+]([O-])c1cc2cnn(CCO)c2cc1Br. The average Bonchev–Trinajstić information content (AvgIpc) is 2.60. The lowest BCUT2D eigenvalue weighted by atomic mass is 10.2. The normalized spacial score (nSPS) is 10.9. The molecule has 0 radical (unpaired) electrons. The Morgan fingerprint density at radius 2 is 2.31 bits per heavy atom. The molecule has 1 N–H and O–H groups in total. The van der Waals surface area contributed by atoms with E-state index in [0.717, 1.165) is 5.52 Å². The van der Waals surface area contributed by atoms with Crippen molar-refractivity contribution in [2.24, 2.45) is 0 Å². The molecule has 1 heterocycles. The zero-order valence-corrected chi connectivity index (χ0v) is 9.72. The van der Waals surface area contributed by atoms with E-state index in [-0.39, 0.29) is 12.3 Å². The Morgan fingerprint density at radius 1 is 1.56 bits per heavy atom. The molecule has 6 nitrogen and oxygen atoms in total. The second-order valence-corrected chi connectivity index (χ2v) is 4.07. The third-order valence-corrected chi connectivity index (χ3v) is 2.85. The molecule has 0 fully saturated rings. The molecule has 2 rings (SSSR count). The molecule has 0 spiro atoms. The predicted octanol–water partition coefficient (Wildman–Crippen LogP) is 1.70. The van der Waals surface area contributed by atoms with Crippen molar-refractivity contribution in [1.82, 2.24) is 9.78 Å². The lowest BCUT2D eigenvalue weighted by Gasteiger charge is -2.01. The number of rotatable bonds is 3. The molecule has 0 unspecified atom stereocenters. The highest BCUT2D eigenvalue weighted by atomic mass is 79.9. The Kier molecular flexibility index (Phi) is 2.88. The van der Waals surface area contributed by atoms with Crippen LogP contribution in [0.4, 0.5) is 5.69 Å². The van der Waals surface area contributed by atoms with Gasteiger partial charge in [-0.3, -0.25) is 14.8 Å². The van der Waals surface area contributed by atoms with Crippen LogP contribution in [0.3, 0.4) is 0 Å². The van der Waals surface area contributed by atoms with Crippen LogP contribution in [-0.4, -0.2) is 26.4 Å². The van der Waals surface area contributed by atoms with Gasteiger partial charge in [0.15, 0.2) is 0 Å². The number of aliphatic hydroxyl groups is 1. The third kappa shape index (κ3) is 1.79. The van der Waals surface area contributed by atoms with Gasteiger partial charge >= 0.3 is 0 Å². The van der Waals surface area contributed by atoms with Crippen molar-refractivity contribution in [3.8, 4) is 0 Å². The second-order valence-electron chi connectivity index (χ2n) is 3.21. The number of aromatic nitrogens is 2. The molecular weight excluding hydrogens is 278 g/mol. The molecule has 0 aliphatic heterocycles. The third-order valence-electron chi connectivity index (χ3n) is 2.22. The van der Waals surface area contributed by atoms with Gasteiger partial charge in [-0.05, 0) is 22.0 Å². The van der Waals surface area contributed by atoms with Crippen molar-refractivity contribution in [2.45, 2.75) is 6.54 Å². The summed E-state index contributed by atoms with van der Waals surface area (Å²) in [5, 5.41) is 24.3. The molecule has 7 heteroatoms. The fourth-order valence-corrected chi connectivity index (χ4v) is 1.98. The smallest absolute Gasteiger partial charge is 0.284 e. The quantitative estimate of drug-likeness (QED) is 0.687. The summed E-state index contributed by atoms with van der Waals surface area (Å²) in [6, 6.07) is 3.09. The topological polar surface area (TPSA) is 81.2 Å². The van der Waals surface area contributed by atoms with Gasteiger partial charge in [-0.2, -0.15) is 5.10 Å². The minimum absolute atomic E-state index is 0.0102. The zero-order chi connectivity index (χ0) is 11.7. The maximum absolute atomic E-state index is 10.7. The molecule has 0 atom stereocenters. The van der Waals surface area contributed by atoms with Crippen molar-refractivity contribution in [3.63, 3.8) is 0 Å². The summed E-state index contributed by atoms with van der Waals surface area (Å²) in [5.74, 6) is 0. The van der Waals surface area contributed by atoms with Crippen LogP contribution in [0.25, 0.3) is 10.9 Å². The van der Waals surface area contributed by atoms with E-state index in [9.17, 15) is 10.1 Å². The van der Waals surface area contributed by atoms with Gasteiger partial charge in [-0.1, -0.05) is 0 Å². The molecule has 0 saturated heterocycles. The summed E-state index contributed by atoms with van der Waals surface area (Å²) in [4.78, 5) is 10.3. The van der Waals surface area contributed by atoms with E-state index < -0.39 is 4.92 Å². The van der Waals surface area contributed by atoms with Gasteiger partial charge in [0.1, 0.15) is 0 Å². The van der Waals surface area contributed by atoms with Gasteiger partial charge < -0.3 is 5.11 Å². The molecular formula is C9H8BrN3O3. The first-order valence-electron chi connectivity index (χ1n) is 4.54. The van der Waals surface area contributed by atoms with Gasteiger partial charge in [-0.25, -0.2) is 0 Å². The molecule has 16 heavy (non-hydrogen) atoms. The second kappa shape index (κ2) is 4.18. The Labute approximate surface area is 98.8 Å². The Balaban J connectivity index is 2.61. The van der Waals surface area contributed by atoms with Crippen LogP contribution in [0.15, 0.2) is 22.8 Å². The van der Waals surface area contributed by atoms with Crippen molar-refractivity contribution in [2.75, 3.05) is 6.61 Å². The largest absolute Gasteiger partial charge is 0.394 e. The zero-order valence-electron chi connectivity index (χ0n) is 8.13. The summed E-state index contributed by atoms with van der Waals surface area (Å²) in [5.41, 5.74) is 0.766. The maximum atomic E-state index is 10.7. The molecule has 0 aliphatic rings. The number of benzene rings is 1. The van der Waals surface area contributed by atoms with Crippen molar-refractivity contribution >= 4 is 32.5 Å². The van der Waals surface area contributed by atoms with Crippen molar-refractivity contribution < 1.29 is 10.0 Å². The van der Waals surface area contributed by atoms with Crippen LogP contribution in [-0.2, 0) is 6.54 Å². The number of nitro groups is 1. The Bertz CT molecular complexity index is 552. The predicted molar refractivity (Wildman–Crippen MR) is 61.2 cm³/mol. The number of hydrogen-bond acceptors (Lipinski definition) is 4. The summed E-state index contributed by atoms with van der Waals surface area (Å²) >= 11 is 3.14. The van der Waals surface area contributed by atoms with Crippen LogP contribution in [0, 0.1) is 10.1 Å². The fourth-order valence-electron chi connectivity index (χ4n) is 1.50. The molecule has 0 saturated carbocycles. The van der Waals surface area contributed by atoms with Crippen LogP contribution >= 0.6 is 15.9 Å². The number of nitrogens with zero attached hydrogens (tertiary/aromatic N) is 3. The number of aliphatic hydroxyl groups excluding tert-OH is 1. The monoisotopic (exact) mass is 285 g/mol. The molecule has 1 aromatic heterocycles. The van der Waals surface area contributed by atoms with E-state index in [1.54, 1.807) is 16.9 Å². The van der Waals surface area contributed by atoms with Crippen molar-refractivity contribution in [1.29, 1.82) is 0 Å². The van der Waals surface area contributed by atoms with Crippen LogP contribution in [0.2, 0.25) is 0 Å². The van der Waals surface area contributed by atoms with Gasteiger partial charge in [0.2, 0.25) is 0 Å². The first-order valence-corrected chi connectivity index (χ1v) is 5.33. The van der Waals surface area contributed by atoms with Crippen LogP contribution in [0.5, 0.6) is 0 Å². The molecule has 0 amide bonds. The van der Waals surface area contributed by atoms with E-state index >= 15 is 0 Å². The molecule has 1 aromatic carbocycles. The summed E-state index contributed by atoms with van der Waals surface area (Å²) in [7, 11) is 0. The lowest BCUT2D eigenvalue weighted by Crippen LogP contribution is -2.03. The highest BCUT2D eigenvalue weighted by molar-refractivity contribution is 9.10. The highest BCUT2D eigenvalue weighted by Gasteiger charge is 2.15. The highest BCUT2D eigenvalue weighted by Crippen LogP contribution is 2.29. The van der Waals surface area contributed by atoms with E-state index in [2.05, 4.69) is 21.0 Å². The minimum Gasteiger partial charge on any atom is -0.394 e. The lowest BCUT2D eigenvalue weighted by molar-refractivity contribution is -0.385. The summed E-state index contributed by atoms with van der Waals surface area (Å²) in [6.07, 6.45) is 1.55. The first kappa shape index (κ1) is 11.0. The number of fused-ring (bicyclic) bond motifs is 1. The molecule has 0 aliphatic carbocycles. The molecule has 0 bridgehead atoms. The van der Waals surface area contributed by atoms with Gasteiger partial charge in [0, 0.05) is 11.5 Å². The van der Waals surface area contributed by atoms with E-state index in [1.807, 2.05) is 0 Å². The van der Waals surface area contributed by atoms with Gasteiger partial charge in [0.25, 0.3) is 5.69 Å². The maximum Gasteiger partial charge on any atom is 0.284 e. The van der Waals surface area contributed by atoms with E-state index in [0.29, 0.717) is 16.4 Å². The van der Waals surface area contributed by atoms with E-state index in [1.165, 1.54) is 6.07 Å². The first-order chi connectivity index (χ1) is 7.63. The van der Waals surface area contributed by atoms with Crippen LogP contribution in [0.1, 0.15) is 0 Å². The number of halogens is 1. The van der Waals surface area contributed by atoms with Gasteiger partial charge in [0.05, 0.1) is 34.3 Å². The Hall–Kier alpha value is -1.47. The summed E-state index contributed by atoms with van der Waals surface area (Å²) < 4.78 is 2.01. The minimum atomic E-state index is -0.451. The standard InChI is InChI=1S/C9H8BrN3O3/c10-7-4-8-6(3-9(7)13(15)16)5-11-12(8)1-2-14/h3-5,14H,1-2H2. The molecule has 2 aromatic rings. The number of hydrogen-bond donors (Lipinski definition) is 1. The summed E-state index contributed by atoms with van der Waals surface area (Å²) in [6.45, 7) is 0.346. The van der Waals surface area contributed by atoms with Gasteiger partial charge in [-0.15, -0.1) is 0 Å². The van der Waals surface area contributed by atoms with E-state index in [4.69, 9.17) is 5.11 Å². The van der Waals surface area contributed by atoms with Crippen LogP contribution < -0.4 is 0 Å². The Morgan fingerprint density at radius 3 is 2.94 bits per heavy atom. The molecule has 84 valence electrons. The van der Waals surface area contributed by atoms with Crippen molar-refractivity contribution in [3.05, 3.63) is 32.9 Å².